The molecule has 0 bridgehead atoms. The molecule has 2 aliphatic heterocycles. The van der Waals surface area contributed by atoms with Crippen LogP contribution in [0.15, 0.2) is 90.3 Å². The molecule has 0 saturated carbocycles. The maximum absolute atomic E-state index is 12.6. The van der Waals surface area contributed by atoms with E-state index in [1.165, 1.54) is 54.6 Å². The molecule has 0 spiro atoms. The molecule has 2 aliphatic rings. The second kappa shape index (κ2) is 14.6. The van der Waals surface area contributed by atoms with E-state index < -0.39 is 40.3 Å². The summed E-state index contributed by atoms with van der Waals surface area (Å²) in [5.41, 5.74) is 1.33. The van der Waals surface area contributed by atoms with E-state index in [-0.39, 0.29) is 62.6 Å². The van der Waals surface area contributed by atoms with Gasteiger partial charge in [-0.05, 0) is 59.7 Å². The summed E-state index contributed by atoms with van der Waals surface area (Å²) < 4.78 is 5.59. The Labute approximate surface area is 295 Å². The van der Waals surface area contributed by atoms with Crippen LogP contribution in [0.4, 0.5) is 11.4 Å². The number of para-hydroxylation sites is 1. The number of phenolic OH excluding ortho intramolecular Hbond substituents is 9. The monoisotopic (exact) mass is 708 g/mol. The Morgan fingerprint density at radius 1 is 0.500 bits per heavy atom. The molecule has 14 nitrogen and oxygen atoms in total. The molecule has 0 amide bonds. The lowest BCUT2D eigenvalue weighted by Gasteiger charge is -2.11. The van der Waals surface area contributed by atoms with Gasteiger partial charge in [0.2, 0.25) is 23.1 Å². The Hall–Kier alpha value is -7.48. The van der Waals surface area contributed by atoms with Gasteiger partial charge in [-0.1, -0.05) is 44.2 Å². The summed E-state index contributed by atoms with van der Waals surface area (Å²) in [6.45, 7) is 4.00. The minimum absolute atomic E-state index is 0.00808. The van der Waals surface area contributed by atoms with Crippen LogP contribution in [0.25, 0.3) is 12.2 Å². The fourth-order valence-corrected chi connectivity index (χ4v) is 5.10. The molecule has 5 aromatic carbocycles. The number of Topliss-reactive ketones (excluding diaryl/α,β-unsaturated/α-hetero) is 2. The summed E-state index contributed by atoms with van der Waals surface area (Å²) in [7, 11) is 0. The van der Waals surface area contributed by atoms with Crippen LogP contribution in [-0.2, 0) is 0 Å². The molecule has 52 heavy (non-hydrogen) atoms. The normalized spacial score (nSPS) is 14.0. The lowest BCUT2D eigenvalue weighted by molar-refractivity contribution is 0.103. The lowest BCUT2D eigenvalue weighted by Crippen LogP contribution is -1.99. The van der Waals surface area contributed by atoms with Crippen LogP contribution in [0.1, 0.15) is 45.7 Å². The van der Waals surface area contributed by atoms with Crippen molar-refractivity contribution in [3.63, 3.8) is 0 Å². The summed E-state index contributed by atoms with van der Waals surface area (Å²) in [5, 5.41) is 92.5. The number of fused-ring (bicyclic) bond motifs is 2. The van der Waals surface area contributed by atoms with Crippen molar-refractivity contribution in [3.8, 4) is 63.2 Å². The van der Waals surface area contributed by atoms with Crippen molar-refractivity contribution in [2.75, 3.05) is 10.6 Å². The summed E-state index contributed by atoms with van der Waals surface area (Å²) >= 11 is 0. The maximum atomic E-state index is 12.6. The van der Waals surface area contributed by atoms with Gasteiger partial charge in [0.15, 0.2) is 46.0 Å². The third-order valence-electron chi connectivity index (χ3n) is 7.57. The van der Waals surface area contributed by atoms with Gasteiger partial charge in [-0.25, -0.2) is 0 Å². The van der Waals surface area contributed by atoms with E-state index >= 15 is 0 Å². The Kier molecular flexibility index (Phi) is 10.0. The largest absolute Gasteiger partial charge is 0.504 e. The molecule has 11 N–H and O–H groups in total. The first kappa shape index (κ1) is 35.8. The molecule has 0 radical (unpaired) electrons. The van der Waals surface area contributed by atoms with E-state index in [2.05, 4.69) is 10.6 Å². The van der Waals surface area contributed by atoms with E-state index in [1.54, 1.807) is 24.3 Å². The number of rotatable bonds is 4. The standard InChI is InChI=1S/C21H15NO6.C15H11NO6.C2H6/c23-15-7-6-11(9-16(15)24)8-14-19(25)18-13(22-14)10-17(20(26)21(18)27)28-12-4-2-1-3-5-12;17-9-2-1-6(4-10(9)18)3-8-13(20)12-7(16-8)5-11(19)14(21)15(12)22;1-2/h1-10,22-24,26-27H;1-5,16-19,21-22H;1-2H3/b14-8-;8-3-;. The van der Waals surface area contributed by atoms with Gasteiger partial charge < -0.3 is 61.3 Å². The molecule has 2 heterocycles. The number of nitrogens with one attached hydrogen (secondary N) is 2. The summed E-state index contributed by atoms with van der Waals surface area (Å²) in [6.07, 6.45) is 2.85. The predicted octanol–water partition coefficient (Wildman–Crippen LogP) is 6.84. The number of anilines is 2. The second-order valence-electron chi connectivity index (χ2n) is 10.9. The third-order valence-corrected chi connectivity index (χ3v) is 7.57. The number of hydrogen-bond acceptors (Lipinski definition) is 14. The van der Waals surface area contributed by atoms with Crippen LogP contribution >= 0.6 is 0 Å². The van der Waals surface area contributed by atoms with Crippen LogP contribution in [-0.4, -0.2) is 57.5 Å². The van der Waals surface area contributed by atoms with Gasteiger partial charge in [-0.2, -0.15) is 0 Å². The SMILES string of the molecule is CC.O=C1/C(=C/c2ccc(O)c(O)c2)Nc2cc(O)c(O)c(O)c21.O=C1/C(=C/c2ccc(O)c(O)c2)Nc2cc(Oc3ccccc3)c(O)c(O)c21. The number of aromatic hydroxyl groups is 9. The van der Waals surface area contributed by atoms with E-state index in [4.69, 9.17) is 4.74 Å². The molecular formula is C38H32N2O12. The highest BCUT2D eigenvalue weighted by atomic mass is 16.5. The number of phenols is 9. The smallest absolute Gasteiger partial charge is 0.215 e. The summed E-state index contributed by atoms with van der Waals surface area (Å²) in [6, 6.07) is 19.4. The Morgan fingerprint density at radius 3 is 1.44 bits per heavy atom. The molecule has 0 aliphatic carbocycles. The van der Waals surface area contributed by atoms with Crippen LogP contribution in [0.2, 0.25) is 0 Å². The molecule has 266 valence electrons. The third kappa shape index (κ3) is 6.97. The van der Waals surface area contributed by atoms with Crippen LogP contribution in [0, 0.1) is 0 Å². The first-order valence-electron chi connectivity index (χ1n) is 15.5. The number of allylic oxidation sites excluding steroid dienone is 2. The molecule has 0 atom stereocenters. The minimum Gasteiger partial charge on any atom is -0.504 e. The van der Waals surface area contributed by atoms with E-state index in [1.807, 2.05) is 19.9 Å². The quantitative estimate of drug-likeness (QED) is 0.0520. The van der Waals surface area contributed by atoms with Crippen LogP contribution in [0.5, 0.6) is 63.2 Å². The van der Waals surface area contributed by atoms with Crippen molar-refractivity contribution >= 4 is 35.1 Å². The lowest BCUT2D eigenvalue weighted by atomic mass is 10.1. The van der Waals surface area contributed by atoms with Gasteiger partial charge in [-0.15, -0.1) is 0 Å². The number of carbonyl (C=O) groups is 2. The molecule has 7 rings (SSSR count). The molecule has 0 fully saturated rings. The summed E-state index contributed by atoms with van der Waals surface area (Å²) in [5.74, 6) is -5.03. The second-order valence-corrected chi connectivity index (χ2v) is 10.9. The van der Waals surface area contributed by atoms with E-state index in [0.29, 0.717) is 16.9 Å². The molecule has 0 aromatic heterocycles. The minimum atomic E-state index is -0.766. The van der Waals surface area contributed by atoms with Gasteiger partial charge in [0, 0.05) is 12.1 Å². The first-order valence-corrected chi connectivity index (χ1v) is 15.5. The van der Waals surface area contributed by atoms with Crippen molar-refractivity contribution in [2.24, 2.45) is 0 Å². The number of hydrogen-bond donors (Lipinski definition) is 11. The van der Waals surface area contributed by atoms with Crippen LogP contribution < -0.4 is 15.4 Å². The van der Waals surface area contributed by atoms with Gasteiger partial charge >= 0.3 is 0 Å². The number of carbonyl (C=O) groups excluding carboxylic acids is 2. The highest BCUT2D eigenvalue weighted by Gasteiger charge is 2.33. The number of benzene rings is 5. The molecule has 0 unspecified atom stereocenters. The zero-order valence-corrected chi connectivity index (χ0v) is 27.4. The topological polar surface area (TPSA) is 249 Å². The molecule has 14 heteroatoms. The fraction of sp³-hybridized carbons (Fsp3) is 0.0526. The number of ketones is 2. The molecule has 5 aromatic rings. The molecular weight excluding hydrogens is 676 g/mol. The fourth-order valence-electron chi connectivity index (χ4n) is 5.10. The van der Waals surface area contributed by atoms with Crippen LogP contribution in [0.3, 0.4) is 0 Å². The van der Waals surface area contributed by atoms with Crippen molar-refractivity contribution in [2.45, 2.75) is 13.8 Å². The first-order chi connectivity index (χ1) is 24.8. The van der Waals surface area contributed by atoms with Crippen molar-refractivity contribution in [1.82, 2.24) is 0 Å². The summed E-state index contributed by atoms with van der Waals surface area (Å²) in [4.78, 5) is 24.9. The zero-order valence-electron chi connectivity index (χ0n) is 27.4. The van der Waals surface area contributed by atoms with E-state index in [0.717, 1.165) is 6.07 Å². The highest BCUT2D eigenvalue weighted by molar-refractivity contribution is 6.23. The maximum Gasteiger partial charge on any atom is 0.215 e. The Morgan fingerprint density at radius 2 is 0.962 bits per heavy atom. The predicted molar refractivity (Wildman–Crippen MR) is 190 cm³/mol. The highest BCUT2D eigenvalue weighted by Crippen LogP contribution is 2.48. The van der Waals surface area contributed by atoms with Crippen molar-refractivity contribution < 1.29 is 60.3 Å². The Bertz CT molecular complexity index is 2280. The number of ether oxygens (including phenoxy) is 1. The van der Waals surface area contributed by atoms with Crippen molar-refractivity contribution in [1.29, 1.82) is 0 Å². The van der Waals surface area contributed by atoms with Gasteiger partial charge in [0.1, 0.15) is 5.75 Å². The average molecular weight is 709 g/mol. The van der Waals surface area contributed by atoms with Gasteiger partial charge in [0.25, 0.3) is 0 Å². The van der Waals surface area contributed by atoms with Gasteiger partial charge in [-0.3, -0.25) is 9.59 Å². The van der Waals surface area contributed by atoms with E-state index in [9.17, 15) is 55.5 Å². The van der Waals surface area contributed by atoms with Gasteiger partial charge in [0.05, 0.1) is 33.9 Å². The molecule has 0 saturated heterocycles. The average Bonchev–Trinajstić information content (AvgIpc) is 3.61. The zero-order chi connectivity index (χ0) is 37.9. The Balaban J connectivity index is 0.000000197. The van der Waals surface area contributed by atoms with Crippen molar-refractivity contribution in [3.05, 3.63) is 113 Å².